The molecule has 0 aliphatic heterocycles. The highest BCUT2D eigenvalue weighted by Crippen LogP contribution is 2.05. The second kappa shape index (κ2) is 6.35. The summed E-state index contributed by atoms with van der Waals surface area (Å²) in [5, 5.41) is 19.7. The Morgan fingerprint density at radius 3 is 2.78 bits per heavy atom. The predicted octanol–water partition coefficient (Wildman–Crippen LogP) is 0.856. The molecular formula is C12H13N3O3. The Morgan fingerprint density at radius 1 is 1.50 bits per heavy atom. The number of aromatic nitrogens is 1. The number of nitriles is 1. The molecule has 1 rings (SSSR count). The van der Waals surface area contributed by atoms with Crippen LogP contribution in [0.2, 0.25) is 0 Å². The number of aryl methyl sites for hydroxylation is 1. The van der Waals surface area contributed by atoms with Gasteiger partial charge in [-0.1, -0.05) is 0 Å². The highest BCUT2D eigenvalue weighted by atomic mass is 16.4. The fourth-order valence-corrected chi connectivity index (χ4v) is 1.34. The van der Waals surface area contributed by atoms with Crippen molar-refractivity contribution in [1.29, 1.82) is 5.26 Å². The number of aliphatic carboxylic acids is 1. The van der Waals surface area contributed by atoms with Gasteiger partial charge in [0.15, 0.2) is 0 Å². The molecule has 94 valence electrons. The zero-order chi connectivity index (χ0) is 13.5. The van der Waals surface area contributed by atoms with Crippen molar-refractivity contribution in [2.75, 3.05) is 6.54 Å². The second-order valence-electron chi connectivity index (χ2n) is 3.69. The predicted molar refractivity (Wildman–Crippen MR) is 62.9 cm³/mol. The molecule has 6 nitrogen and oxygen atoms in total. The Morgan fingerprint density at radius 2 is 2.22 bits per heavy atom. The van der Waals surface area contributed by atoms with E-state index < -0.39 is 5.97 Å². The number of nitrogens with one attached hydrogen (secondary N) is 1. The molecule has 0 bridgehead atoms. The van der Waals surface area contributed by atoms with Crippen molar-refractivity contribution in [3.05, 3.63) is 29.1 Å². The van der Waals surface area contributed by atoms with Gasteiger partial charge in [-0.25, -0.2) is 4.98 Å². The third kappa shape index (κ3) is 3.87. The molecule has 18 heavy (non-hydrogen) atoms. The summed E-state index contributed by atoms with van der Waals surface area (Å²) in [6, 6.07) is 4.97. The van der Waals surface area contributed by atoms with E-state index in [0.29, 0.717) is 17.7 Å². The Bertz CT molecular complexity index is 506. The Hall–Kier alpha value is -2.42. The minimum atomic E-state index is -0.892. The van der Waals surface area contributed by atoms with Gasteiger partial charge in [0.1, 0.15) is 11.8 Å². The molecule has 0 atom stereocenters. The maximum Gasteiger partial charge on any atom is 0.303 e. The van der Waals surface area contributed by atoms with Gasteiger partial charge in [0, 0.05) is 13.0 Å². The first kappa shape index (κ1) is 13.6. The van der Waals surface area contributed by atoms with Gasteiger partial charge in [0.2, 0.25) is 0 Å². The van der Waals surface area contributed by atoms with Gasteiger partial charge in [-0.05, 0) is 25.5 Å². The van der Waals surface area contributed by atoms with Gasteiger partial charge in [-0.3, -0.25) is 9.59 Å². The molecule has 1 heterocycles. The van der Waals surface area contributed by atoms with Crippen molar-refractivity contribution >= 4 is 11.9 Å². The number of hydrogen-bond donors (Lipinski definition) is 2. The van der Waals surface area contributed by atoms with E-state index in [9.17, 15) is 9.59 Å². The number of nitrogens with zero attached hydrogens (tertiary/aromatic N) is 2. The lowest BCUT2D eigenvalue weighted by molar-refractivity contribution is -0.137. The molecular weight excluding hydrogens is 234 g/mol. The fraction of sp³-hybridized carbons (Fsp3) is 0.333. The van der Waals surface area contributed by atoms with Crippen LogP contribution in [0, 0.1) is 18.3 Å². The van der Waals surface area contributed by atoms with Gasteiger partial charge in [-0.2, -0.15) is 5.26 Å². The fourth-order valence-electron chi connectivity index (χ4n) is 1.34. The van der Waals surface area contributed by atoms with Crippen molar-refractivity contribution in [3.8, 4) is 6.07 Å². The van der Waals surface area contributed by atoms with Crippen molar-refractivity contribution < 1.29 is 14.7 Å². The van der Waals surface area contributed by atoms with E-state index in [1.54, 1.807) is 6.92 Å². The summed E-state index contributed by atoms with van der Waals surface area (Å²) >= 11 is 0. The van der Waals surface area contributed by atoms with Crippen molar-refractivity contribution in [2.24, 2.45) is 0 Å². The van der Waals surface area contributed by atoms with Crippen LogP contribution in [0.1, 0.15) is 34.6 Å². The lowest BCUT2D eigenvalue weighted by Gasteiger charge is -2.04. The molecule has 0 radical (unpaired) electrons. The maximum atomic E-state index is 11.6. The van der Waals surface area contributed by atoms with Crippen molar-refractivity contribution in [1.82, 2.24) is 10.3 Å². The van der Waals surface area contributed by atoms with Crippen LogP contribution in [0.25, 0.3) is 0 Å². The van der Waals surface area contributed by atoms with Crippen LogP contribution in [-0.2, 0) is 4.79 Å². The molecule has 1 aromatic rings. The van der Waals surface area contributed by atoms with Crippen LogP contribution in [0.3, 0.4) is 0 Å². The Labute approximate surface area is 104 Å². The molecule has 0 aromatic carbocycles. The maximum absolute atomic E-state index is 11.6. The minimum Gasteiger partial charge on any atom is -0.481 e. The topological polar surface area (TPSA) is 103 Å². The highest BCUT2D eigenvalue weighted by molar-refractivity contribution is 5.92. The molecule has 0 aliphatic carbocycles. The molecule has 0 aliphatic rings. The van der Waals surface area contributed by atoms with Crippen LogP contribution >= 0.6 is 0 Å². The average Bonchev–Trinajstić information content (AvgIpc) is 2.34. The van der Waals surface area contributed by atoms with Crippen LogP contribution in [-0.4, -0.2) is 28.5 Å². The molecule has 6 heteroatoms. The number of pyridine rings is 1. The van der Waals surface area contributed by atoms with E-state index in [4.69, 9.17) is 10.4 Å². The number of rotatable bonds is 5. The summed E-state index contributed by atoms with van der Waals surface area (Å²) in [7, 11) is 0. The van der Waals surface area contributed by atoms with Gasteiger partial charge in [-0.15, -0.1) is 0 Å². The SMILES string of the molecule is Cc1nc(C(=O)NCCCC(=O)O)ccc1C#N. The van der Waals surface area contributed by atoms with Crippen LogP contribution in [0.4, 0.5) is 0 Å². The number of amides is 1. The molecule has 0 spiro atoms. The summed E-state index contributed by atoms with van der Waals surface area (Å²) in [5.41, 5.74) is 1.15. The summed E-state index contributed by atoms with van der Waals surface area (Å²) in [6.07, 6.45) is 0.385. The normalized spacial score (nSPS) is 9.56. The quantitative estimate of drug-likeness (QED) is 0.751. The summed E-state index contributed by atoms with van der Waals surface area (Å²) < 4.78 is 0. The standard InChI is InChI=1S/C12H13N3O3/c1-8-9(7-13)4-5-10(15-8)12(18)14-6-2-3-11(16)17/h4-5H,2-3,6H2,1H3,(H,14,18)(H,16,17). The van der Waals surface area contributed by atoms with Gasteiger partial charge >= 0.3 is 5.97 Å². The number of carboxylic acids is 1. The molecule has 0 saturated carbocycles. The molecule has 2 N–H and O–H groups in total. The average molecular weight is 247 g/mol. The second-order valence-corrected chi connectivity index (χ2v) is 3.69. The molecule has 0 fully saturated rings. The van der Waals surface area contributed by atoms with Crippen LogP contribution in [0.5, 0.6) is 0 Å². The van der Waals surface area contributed by atoms with Crippen molar-refractivity contribution in [3.63, 3.8) is 0 Å². The summed E-state index contributed by atoms with van der Waals surface area (Å²) in [4.78, 5) is 25.9. The summed E-state index contributed by atoms with van der Waals surface area (Å²) in [5.74, 6) is -1.26. The van der Waals surface area contributed by atoms with E-state index in [0.717, 1.165) is 0 Å². The number of carboxylic acid groups (broad SMARTS) is 1. The van der Waals surface area contributed by atoms with Gasteiger partial charge < -0.3 is 10.4 Å². The van der Waals surface area contributed by atoms with E-state index in [1.807, 2.05) is 6.07 Å². The molecule has 1 aromatic heterocycles. The number of carbonyl (C=O) groups excluding carboxylic acids is 1. The van der Waals surface area contributed by atoms with E-state index in [1.165, 1.54) is 12.1 Å². The molecule has 0 saturated heterocycles. The Balaban J connectivity index is 2.55. The monoisotopic (exact) mass is 247 g/mol. The van der Waals surface area contributed by atoms with Crippen LogP contribution in [0.15, 0.2) is 12.1 Å². The first-order chi connectivity index (χ1) is 8.54. The number of carbonyl (C=O) groups is 2. The molecule has 0 unspecified atom stereocenters. The van der Waals surface area contributed by atoms with Crippen LogP contribution < -0.4 is 5.32 Å². The lowest BCUT2D eigenvalue weighted by Crippen LogP contribution is -2.26. The number of hydrogen-bond acceptors (Lipinski definition) is 4. The van der Waals surface area contributed by atoms with E-state index in [2.05, 4.69) is 10.3 Å². The first-order valence-corrected chi connectivity index (χ1v) is 5.42. The smallest absolute Gasteiger partial charge is 0.303 e. The molecule has 1 amide bonds. The van der Waals surface area contributed by atoms with E-state index >= 15 is 0 Å². The Kier molecular flexibility index (Phi) is 4.81. The van der Waals surface area contributed by atoms with Gasteiger partial charge in [0.05, 0.1) is 11.3 Å². The van der Waals surface area contributed by atoms with E-state index in [-0.39, 0.29) is 24.6 Å². The summed E-state index contributed by atoms with van der Waals surface area (Å²) in [6.45, 7) is 1.94. The third-order valence-electron chi connectivity index (χ3n) is 2.29. The third-order valence-corrected chi connectivity index (χ3v) is 2.29. The zero-order valence-corrected chi connectivity index (χ0v) is 9.93. The van der Waals surface area contributed by atoms with Crippen molar-refractivity contribution in [2.45, 2.75) is 19.8 Å². The largest absolute Gasteiger partial charge is 0.481 e. The van der Waals surface area contributed by atoms with Gasteiger partial charge in [0.25, 0.3) is 5.91 Å². The lowest BCUT2D eigenvalue weighted by atomic mass is 10.2. The minimum absolute atomic E-state index is 0.0140. The zero-order valence-electron chi connectivity index (χ0n) is 9.93. The highest BCUT2D eigenvalue weighted by Gasteiger charge is 2.09. The first-order valence-electron chi connectivity index (χ1n) is 5.42.